The molecule has 0 radical (unpaired) electrons. The molecule has 1 aromatic rings. The van der Waals surface area contributed by atoms with Gasteiger partial charge in [0.15, 0.2) is 0 Å². The van der Waals surface area contributed by atoms with E-state index in [0.717, 1.165) is 37.2 Å². The zero-order chi connectivity index (χ0) is 13.4. The quantitative estimate of drug-likeness (QED) is 0.907. The summed E-state index contributed by atoms with van der Waals surface area (Å²) in [6, 6.07) is 5.38. The van der Waals surface area contributed by atoms with E-state index < -0.39 is 0 Å². The van der Waals surface area contributed by atoms with Gasteiger partial charge in [-0.15, -0.1) is 0 Å². The van der Waals surface area contributed by atoms with Crippen molar-refractivity contribution < 1.29 is 9.13 Å². The summed E-state index contributed by atoms with van der Waals surface area (Å²) < 4.78 is 20.0. The number of nitrogens with zero attached hydrogens (tertiary/aromatic N) is 1. The smallest absolute Gasteiger partial charge is 0.130 e. The summed E-state index contributed by atoms with van der Waals surface area (Å²) >= 11 is 0. The van der Waals surface area contributed by atoms with Gasteiger partial charge in [0, 0.05) is 30.4 Å². The molecule has 0 saturated carbocycles. The zero-order valence-corrected chi connectivity index (χ0v) is 11.5. The Kier molecular flexibility index (Phi) is 3.46. The second-order valence-corrected chi connectivity index (χ2v) is 5.55. The number of ether oxygens (including phenoxy) is 1. The zero-order valence-electron chi connectivity index (χ0n) is 11.5. The molecule has 2 bridgehead atoms. The van der Waals surface area contributed by atoms with E-state index in [1.807, 2.05) is 20.0 Å². The molecule has 1 aromatic carbocycles. The van der Waals surface area contributed by atoms with Crippen LogP contribution in [0.25, 0.3) is 0 Å². The minimum Gasteiger partial charge on any atom is -0.371 e. The molecule has 0 spiro atoms. The van der Waals surface area contributed by atoms with Gasteiger partial charge in [-0.25, -0.2) is 4.39 Å². The second-order valence-electron chi connectivity index (χ2n) is 5.55. The molecule has 3 rings (SSSR count). The van der Waals surface area contributed by atoms with E-state index in [4.69, 9.17) is 4.74 Å². The summed E-state index contributed by atoms with van der Waals surface area (Å²) in [5, 5.41) is 3.14. The molecule has 0 amide bonds. The van der Waals surface area contributed by atoms with E-state index in [9.17, 15) is 4.39 Å². The Bertz CT molecular complexity index is 453. The SMILES string of the molecule is CNC(C)c1c(F)cccc1N1CC2CCC(C1)O2. The molecule has 3 atom stereocenters. The lowest BCUT2D eigenvalue weighted by molar-refractivity contribution is 0.0304. The highest BCUT2D eigenvalue weighted by molar-refractivity contribution is 5.56. The van der Waals surface area contributed by atoms with Gasteiger partial charge >= 0.3 is 0 Å². The first-order valence-electron chi connectivity index (χ1n) is 7.05. The summed E-state index contributed by atoms with van der Waals surface area (Å²) in [6.45, 7) is 3.75. The Morgan fingerprint density at radius 1 is 1.32 bits per heavy atom. The van der Waals surface area contributed by atoms with Gasteiger partial charge in [-0.3, -0.25) is 0 Å². The molecule has 2 aliphatic heterocycles. The predicted octanol–water partition coefficient (Wildman–Crippen LogP) is 2.47. The number of anilines is 1. The first-order valence-corrected chi connectivity index (χ1v) is 7.05. The fraction of sp³-hybridized carbons (Fsp3) is 0.600. The van der Waals surface area contributed by atoms with Crippen LogP contribution in [0.4, 0.5) is 10.1 Å². The number of fused-ring (bicyclic) bond motifs is 2. The molecule has 4 heteroatoms. The van der Waals surface area contributed by atoms with Gasteiger partial charge in [0.05, 0.1) is 12.2 Å². The third-order valence-corrected chi connectivity index (χ3v) is 4.28. The topological polar surface area (TPSA) is 24.5 Å². The molecular weight excluding hydrogens is 243 g/mol. The van der Waals surface area contributed by atoms with Crippen molar-refractivity contribution in [3.63, 3.8) is 0 Å². The van der Waals surface area contributed by atoms with Crippen LogP contribution in [0.2, 0.25) is 0 Å². The Morgan fingerprint density at radius 2 is 2.00 bits per heavy atom. The van der Waals surface area contributed by atoms with Crippen molar-refractivity contribution in [1.29, 1.82) is 0 Å². The number of morpholine rings is 1. The predicted molar refractivity (Wildman–Crippen MR) is 74.0 cm³/mol. The molecule has 104 valence electrons. The van der Waals surface area contributed by atoms with Gasteiger partial charge in [0.1, 0.15) is 5.82 Å². The molecule has 3 unspecified atom stereocenters. The maximum absolute atomic E-state index is 14.2. The van der Waals surface area contributed by atoms with Crippen LogP contribution in [-0.4, -0.2) is 32.3 Å². The van der Waals surface area contributed by atoms with E-state index in [-0.39, 0.29) is 11.9 Å². The van der Waals surface area contributed by atoms with Gasteiger partial charge in [-0.1, -0.05) is 6.07 Å². The Balaban J connectivity index is 1.93. The van der Waals surface area contributed by atoms with Crippen molar-refractivity contribution in [2.45, 2.75) is 38.0 Å². The van der Waals surface area contributed by atoms with Gasteiger partial charge in [0.25, 0.3) is 0 Å². The van der Waals surface area contributed by atoms with E-state index in [2.05, 4.69) is 10.2 Å². The van der Waals surface area contributed by atoms with Crippen LogP contribution >= 0.6 is 0 Å². The highest BCUT2D eigenvalue weighted by Crippen LogP contribution is 2.34. The van der Waals surface area contributed by atoms with Gasteiger partial charge in [0.2, 0.25) is 0 Å². The third-order valence-electron chi connectivity index (χ3n) is 4.28. The Hall–Kier alpha value is -1.13. The van der Waals surface area contributed by atoms with Crippen molar-refractivity contribution in [1.82, 2.24) is 5.32 Å². The first kappa shape index (κ1) is 12.9. The molecule has 2 saturated heterocycles. The lowest BCUT2D eigenvalue weighted by Gasteiger charge is -2.36. The average molecular weight is 264 g/mol. The van der Waals surface area contributed by atoms with Gasteiger partial charge in [-0.2, -0.15) is 0 Å². The van der Waals surface area contributed by atoms with Gasteiger partial charge in [-0.05, 0) is 38.9 Å². The van der Waals surface area contributed by atoms with Gasteiger partial charge < -0.3 is 15.0 Å². The van der Waals surface area contributed by atoms with Crippen LogP contribution in [0.3, 0.4) is 0 Å². The number of rotatable bonds is 3. The average Bonchev–Trinajstić information content (AvgIpc) is 2.76. The molecule has 3 nitrogen and oxygen atoms in total. The van der Waals surface area contributed by atoms with Crippen LogP contribution in [-0.2, 0) is 4.74 Å². The van der Waals surface area contributed by atoms with Crippen LogP contribution in [0.1, 0.15) is 31.4 Å². The second kappa shape index (κ2) is 5.10. The summed E-state index contributed by atoms with van der Waals surface area (Å²) in [5.41, 5.74) is 1.79. The largest absolute Gasteiger partial charge is 0.371 e. The number of halogens is 1. The minimum atomic E-state index is -0.127. The van der Waals surface area contributed by atoms with E-state index in [0.29, 0.717) is 12.2 Å². The summed E-state index contributed by atoms with van der Waals surface area (Å²) in [7, 11) is 1.86. The maximum atomic E-state index is 14.2. The van der Waals surface area contributed by atoms with Crippen LogP contribution in [0.15, 0.2) is 18.2 Å². The van der Waals surface area contributed by atoms with Crippen molar-refractivity contribution in [2.24, 2.45) is 0 Å². The number of benzene rings is 1. The monoisotopic (exact) mass is 264 g/mol. The molecular formula is C15H21FN2O. The van der Waals surface area contributed by atoms with Crippen molar-refractivity contribution >= 4 is 5.69 Å². The van der Waals surface area contributed by atoms with E-state index >= 15 is 0 Å². The van der Waals surface area contributed by atoms with Crippen molar-refractivity contribution in [2.75, 3.05) is 25.0 Å². The van der Waals surface area contributed by atoms with Crippen LogP contribution < -0.4 is 10.2 Å². The maximum Gasteiger partial charge on any atom is 0.130 e. The molecule has 2 aliphatic rings. The summed E-state index contributed by atoms with van der Waals surface area (Å²) in [5.74, 6) is -0.127. The Labute approximate surface area is 113 Å². The third kappa shape index (κ3) is 2.35. The standard InChI is InChI=1S/C15H21FN2O/c1-10(17-2)15-13(16)4-3-5-14(15)18-8-11-6-7-12(9-18)19-11/h3-5,10-12,17H,6-9H2,1-2H3. The first-order chi connectivity index (χ1) is 9.19. The number of nitrogens with one attached hydrogen (secondary N) is 1. The highest BCUT2D eigenvalue weighted by Gasteiger charge is 2.35. The van der Waals surface area contributed by atoms with Crippen LogP contribution in [0.5, 0.6) is 0 Å². The number of hydrogen-bond acceptors (Lipinski definition) is 3. The normalized spacial score (nSPS) is 27.6. The number of hydrogen-bond donors (Lipinski definition) is 1. The molecule has 2 fully saturated rings. The van der Waals surface area contributed by atoms with Crippen molar-refractivity contribution in [3.8, 4) is 0 Å². The fourth-order valence-electron chi connectivity index (χ4n) is 3.19. The van der Waals surface area contributed by atoms with Crippen molar-refractivity contribution in [3.05, 3.63) is 29.6 Å². The van der Waals surface area contributed by atoms with Crippen LogP contribution in [0, 0.1) is 5.82 Å². The minimum absolute atomic E-state index is 0.0108. The fourth-order valence-corrected chi connectivity index (χ4v) is 3.19. The van der Waals surface area contributed by atoms with E-state index in [1.54, 1.807) is 12.1 Å². The molecule has 1 N–H and O–H groups in total. The summed E-state index contributed by atoms with van der Waals surface area (Å²) in [4.78, 5) is 2.29. The lowest BCUT2D eigenvalue weighted by atomic mass is 10.0. The van der Waals surface area contributed by atoms with E-state index in [1.165, 1.54) is 0 Å². The molecule has 19 heavy (non-hydrogen) atoms. The highest BCUT2D eigenvalue weighted by atomic mass is 19.1. The molecule has 0 aliphatic carbocycles. The summed E-state index contributed by atoms with van der Waals surface area (Å²) in [6.07, 6.45) is 2.90. The molecule has 0 aromatic heterocycles. The Morgan fingerprint density at radius 3 is 2.63 bits per heavy atom. The lowest BCUT2D eigenvalue weighted by Crippen LogP contribution is -2.43. The molecule has 2 heterocycles.